The molecule has 1 atom stereocenters. The summed E-state index contributed by atoms with van der Waals surface area (Å²) in [5.74, 6) is 0.587. The Hall–Kier alpha value is -1.55. The van der Waals surface area contributed by atoms with Crippen molar-refractivity contribution >= 4 is 11.6 Å². The quantitative estimate of drug-likeness (QED) is 0.822. The lowest BCUT2D eigenvalue weighted by Crippen LogP contribution is -2.31. The maximum atomic E-state index is 12.1. The molecular formula is C16H23N3O. The van der Waals surface area contributed by atoms with Crippen molar-refractivity contribution in [3.8, 4) is 0 Å². The van der Waals surface area contributed by atoms with E-state index in [2.05, 4.69) is 10.2 Å². The van der Waals surface area contributed by atoms with E-state index >= 15 is 0 Å². The topological polar surface area (TPSA) is 58.4 Å². The van der Waals surface area contributed by atoms with Gasteiger partial charge in [0.2, 0.25) is 0 Å². The average Bonchev–Trinajstić information content (AvgIpc) is 3.18. The van der Waals surface area contributed by atoms with Gasteiger partial charge in [0.15, 0.2) is 0 Å². The van der Waals surface area contributed by atoms with Crippen LogP contribution in [0.2, 0.25) is 0 Å². The van der Waals surface area contributed by atoms with Crippen LogP contribution in [0.15, 0.2) is 18.2 Å². The number of nitrogens with one attached hydrogen (secondary N) is 1. The molecule has 4 heteroatoms. The SMILES string of the molecule is Cc1ccc(C(=O)NCC2CCN(C3CC3)C2)cc1N. The monoisotopic (exact) mass is 273 g/mol. The fourth-order valence-electron chi connectivity index (χ4n) is 2.92. The number of hydrogen-bond acceptors (Lipinski definition) is 3. The van der Waals surface area contributed by atoms with Crippen molar-refractivity contribution in [2.75, 3.05) is 25.4 Å². The summed E-state index contributed by atoms with van der Waals surface area (Å²) in [5.41, 5.74) is 8.20. The van der Waals surface area contributed by atoms with Crippen LogP contribution in [0.1, 0.15) is 35.2 Å². The molecule has 1 aromatic rings. The lowest BCUT2D eigenvalue weighted by molar-refractivity contribution is 0.0947. The summed E-state index contributed by atoms with van der Waals surface area (Å²) in [5, 5.41) is 3.05. The highest BCUT2D eigenvalue weighted by Crippen LogP contribution is 2.31. The van der Waals surface area contributed by atoms with Crippen LogP contribution in [0.25, 0.3) is 0 Å². The zero-order chi connectivity index (χ0) is 14.1. The average molecular weight is 273 g/mol. The first-order valence-electron chi connectivity index (χ1n) is 7.52. The Morgan fingerprint density at radius 1 is 1.40 bits per heavy atom. The van der Waals surface area contributed by atoms with Gasteiger partial charge in [-0.25, -0.2) is 0 Å². The van der Waals surface area contributed by atoms with E-state index in [4.69, 9.17) is 5.73 Å². The Balaban J connectivity index is 1.50. The minimum atomic E-state index is -0.0124. The van der Waals surface area contributed by atoms with E-state index in [-0.39, 0.29) is 5.91 Å². The Bertz CT molecular complexity index is 510. The second kappa shape index (κ2) is 5.44. The molecular weight excluding hydrogens is 250 g/mol. The second-order valence-corrected chi connectivity index (χ2v) is 6.16. The summed E-state index contributed by atoms with van der Waals surface area (Å²) in [6, 6.07) is 6.34. The number of hydrogen-bond donors (Lipinski definition) is 2. The van der Waals surface area contributed by atoms with Crippen molar-refractivity contribution in [2.24, 2.45) is 5.92 Å². The normalized spacial score (nSPS) is 22.9. The van der Waals surface area contributed by atoms with Crippen LogP contribution in [-0.4, -0.2) is 36.5 Å². The molecule has 1 saturated heterocycles. The van der Waals surface area contributed by atoms with E-state index in [0.717, 1.165) is 24.7 Å². The Morgan fingerprint density at radius 2 is 2.20 bits per heavy atom. The molecule has 1 aliphatic carbocycles. The number of benzene rings is 1. The molecule has 2 fully saturated rings. The number of carbonyl (C=O) groups is 1. The lowest BCUT2D eigenvalue weighted by atomic mass is 10.1. The number of nitrogens with zero attached hydrogens (tertiary/aromatic N) is 1. The van der Waals surface area contributed by atoms with E-state index in [1.807, 2.05) is 19.1 Å². The fourth-order valence-corrected chi connectivity index (χ4v) is 2.92. The number of amides is 1. The fraction of sp³-hybridized carbons (Fsp3) is 0.562. The molecule has 1 unspecified atom stereocenters. The molecule has 3 N–H and O–H groups in total. The minimum Gasteiger partial charge on any atom is -0.398 e. The highest BCUT2D eigenvalue weighted by atomic mass is 16.1. The molecule has 20 heavy (non-hydrogen) atoms. The van der Waals surface area contributed by atoms with Crippen molar-refractivity contribution < 1.29 is 4.79 Å². The van der Waals surface area contributed by atoms with Gasteiger partial charge in [-0.2, -0.15) is 0 Å². The van der Waals surface area contributed by atoms with Gasteiger partial charge < -0.3 is 16.0 Å². The van der Waals surface area contributed by atoms with Gasteiger partial charge in [0.05, 0.1) is 0 Å². The first-order valence-corrected chi connectivity index (χ1v) is 7.52. The third-order valence-corrected chi connectivity index (χ3v) is 4.47. The molecule has 1 aliphatic heterocycles. The van der Waals surface area contributed by atoms with Crippen LogP contribution in [0.4, 0.5) is 5.69 Å². The Kier molecular flexibility index (Phi) is 3.66. The molecule has 4 nitrogen and oxygen atoms in total. The van der Waals surface area contributed by atoms with Gasteiger partial charge in [-0.05, 0) is 56.3 Å². The van der Waals surface area contributed by atoms with Crippen LogP contribution >= 0.6 is 0 Å². The van der Waals surface area contributed by atoms with E-state index < -0.39 is 0 Å². The van der Waals surface area contributed by atoms with Gasteiger partial charge in [0, 0.05) is 30.4 Å². The number of carbonyl (C=O) groups excluding carboxylic acids is 1. The number of anilines is 1. The summed E-state index contributed by atoms with van der Waals surface area (Å²) in [4.78, 5) is 14.7. The summed E-state index contributed by atoms with van der Waals surface area (Å²) in [6.07, 6.45) is 3.93. The van der Waals surface area contributed by atoms with E-state index in [1.165, 1.54) is 25.8 Å². The van der Waals surface area contributed by atoms with Gasteiger partial charge in [-0.15, -0.1) is 0 Å². The summed E-state index contributed by atoms with van der Waals surface area (Å²) in [7, 11) is 0. The molecule has 0 bridgehead atoms. The number of nitrogen functional groups attached to an aromatic ring is 1. The second-order valence-electron chi connectivity index (χ2n) is 6.16. The highest BCUT2D eigenvalue weighted by molar-refractivity contribution is 5.95. The summed E-state index contributed by atoms with van der Waals surface area (Å²) in [6.45, 7) is 5.06. The van der Waals surface area contributed by atoms with Crippen molar-refractivity contribution in [3.05, 3.63) is 29.3 Å². The molecule has 2 aliphatic rings. The van der Waals surface area contributed by atoms with E-state index in [0.29, 0.717) is 17.2 Å². The number of likely N-dealkylation sites (tertiary alicyclic amines) is 1. The van der Waals surface area contributed by atoms with Crippen LogP contribution in [0, 0.1) is 12.8 Å². The van der Waals surface area contributed by atoms with Gasteiger partial charge in [-0.3, -0.25) is 4.79 Å². The lowest BCUT2D eigenvalue weighted by Gasteiger charge is -2.15. The molecule has 0 aromatic heterocycles. The van der Waals surface area contributed by atoms with Crippen LogP contribution in [-0.2, 0) is 0 Å². The molecule has 1 saturated carbocycles. The maximum absolute atomic E-state index is 12.1. The molecule has 3 rings (SSSR count). The third kappa shape index (κ3) is 2.96. The predicted octanol–water partition coefficient (Wildman–Crippen LogP) is 1.79. The van der Waals surface area contributed by atoms with Gasteiger partial charge in [-0.1, -0.05) is 6.07 Å². The smallest absolute Gasteiger partial charge is 0.251 e. The Labute approximate surface area is 120 Å². The Morgan fingerprint density at radius 3 is 2.90 bits per heavy atom. The van der Waals surface area contributed by atoms with Crippen LogP contribution in [0.3, 0.4) is 0 Å². The highest BCUT2D eigenvalue weighted by Gasteiger charge is 2.34. The summed E-state index contributed by atoms with van der Waals surface area (Å²) < 4.78 is 0. The van der Waals surface area contributed by atoms with Crippen molar-refractivity contribution in [1.82, 2.24) is 10.2 Å². The standard InChI is InChI=1S/C16H23N3O/c1-11-2-3-13(8-15(11)17)16(20)18-9-12-6-7-19(10-12)14-4-5-14/h2-3,8,12,14H,4-7,9-10,17H2,1H3,(H,18,20). The molecule has 108 valence electrons. The molecule has 1 amide bonds. The van der Waals surface area contributed by atoms with Crippen molar-refractivity contribution in [2.45, 2.75) is 32.2 Å². The molecule has 1 aromatic carbocycles. The zero-order valence-corrected chi connectivity index (χ0v) is 12.1. The number of aryl methyl sites for hydroxylation is 1. The van der Waals surface area contributed by atoms with Gasteiger partial charge >= 0.3 is 0 Å². The first kappa shape index (κ1) is 13.4. The molecule has 0 radical (unpaired) electrons. The van der Waals surface area contributed by atoms with Crippen LogP contribution in [0.5, 0.6) is 0 Å². The first-order chi connectivity index (χ1) is 9.63. The minimum absolute atomic E-state index is 0.0124. The summed E-state index contributed by atoms with van der Waals surface area (Å²) >= 11 is 0. The van der Waals surface area contributed by atoms with Crippen molar-refractivity contribution in [3.63, 3.8) is 0 Å². The van der Waals surface area contributed by atoms with Crippen LogP contribution < -0.4 is 11.1 Å². The maximum Gasteiger partial charge on any atom is 0.251 e. The van der Waals surface area contributed by atoms with Gasteiger partial charge in [0.25, 0.3) is 5.91 Å². The predicted molar refractivity (Wildman–Crippen MR) is 80.6 cm³/mol. The largest absolute Gasteiger partial charge is 0.398 e. The number of nitrogens with two attached hydrogens (primary N) is 1. The van der Waals surface area contributed by atoms with Crippen molar-refractivity contribution in [1.29, 1.82) is 0 Å². The van der Waals surface area contributed by atoms with E-state index in [1.54, 1.807) is 6.07 Å². The van der Waals surface area contributed by atoms with Gasteiger partial charge in [0.1, 0.15) is 0 Å². The van der Waals surface area contributed by atoms with E-state index in [9.17, 15) is 4.79 Å². The number of rotatable bonds is 4. The zero-order valence-electron chi connectivity index (χ0n) is 12.1. The molecule has 0 spiro atoms. The third-order valence-electron chi connectivity index (χ3n) is 4.47. The molecule has 1 heterocycles.